The van der Waals surface area contributed by atoms with E-state index >= 15 is 0 Å². The highest BCUT2D eigenvalue weighted by atomic mass is 33.5. The summed E-state index contributed by atoms with van der Waals surface area (Å²) >= 11 is 0. The van der Waals surface area contributed by atoms with Gasteiger partial charge in [-0.1, -0.05) is 10.8 Å². The third-order valence-electron chi connectivity index (χ3n) is 1.89. The van der Waals surface area contributed by atoms with Gasteiger partial charge in [-0.25, -0.2) is 0 Å². The van der Waals surface area contributed by atoms with Crippen LogP contribution in [0.4, 0.5) is 0 Å². The lowest BCUT2D eigenvalue weighted by Gasteiger charge is -2.28. The minimum atomic E-state index is -2.42. The molecular weight excluding hydrogens is 294 g/mol. The average Bonchev–Trinajstić information content (AvgIpc) is 2.30. The Bertz CT molecular complexity index is 163. The Morgan fingerprint density at radius 1 is 1.00 bits per heavy atom. The fourth-order valence-corrected chi connectivity index (χ4v) is 6.50. The molecule has 2 N–H and O–H groups in total. The molecule has 0 unspecified atom stereocenters. The van der Waals surface area contributed by atoms with Crippen molar-refractivity contribution in [1.82, 2.24) is 0 Å². The van der Waals surface area contributed by atoms with Gasteiger partial charge in [0, 0.05) is 31.6 Å². The summed E-state index contributed by atoms with van der Waals surface area (Å²) in [4.78, 5) is 0. The third kappa shape index (κ3) is 8.76. The van der Waals surface area contributed by atoms with Crippen LogP contribution in [-0.2, 0) is 13.3 Å². The van der Waals surface area contributed by atoms with E-state index in [4.69, 9.17) is 18.4 Å². The minimum absolute atomic E-state index is 0.646. The number of hydrogen-bond acceptors (Lipinski definition) is 7. The van der Waals surface area contributed by atoms with Gasteiger partial charge in [-0.15, -0.1) is 0 Å². The van der Waals surface area contributed by atoms with Gasteiger partial charge in [0.25, 0.3) is 0 Å². The highest BCUT2D eigenvalue weighted by Crippen LogP contribution is 2.31. The van der Waals surface area contributed by atoms with E-state index in [0.717, 1.165) is 18.2 Å². The van der Waals surface area contributed by atoms with Crippen LogP contribution in [0.1, 0.15) is 27.2 Å². The van der Waals surface area contributed by atoms with Gasteiger partial charge in [-0.2, -0.15) is 0 Å². The maximum atomic E-state index is 5.77. The summed E-state index contributed by atoms with van der Waals surface area (Å²) in [5.74, 6) is 1.04. The van der Waals surface area contributed by atoms with Crippen molar-refractivity contribution in [2.75, 3.05) is 25.6 Å². The Morgan fingerprint density at radius 3 is 1.94 bits per heavy atom. The van der Waals surface area contributed by atoms with Crippen molar-refractivity contribution in [3.63, 3.8) is 0 Å². The molecule has 0 aromatic heterocycles. The molecule has 0 aliphatic heterocycles. The van der Waals surface area contributed by atoms with Crippen molar-refractivity contribution < 1.29 is 13.3 Å². The molecule has 0 rings (SSSR count). The van der Waals surface area contributed by atoms with Crippen molar-refractivity contribution in [3.8, 4) is 0 Å². The summed E-state index contributed by atoms with van der Waals surface area (Å²) in [6.07, 6.45) is 1.03. The summed E-state index contributed by atoms with van der Waals surface area (Å²) < 4.78 is 17.3. The van der Waals surface area contributed by atoms with Gasteiger partial charge in [-0.3, -0.25) is 5.14 Å². The highest BCUT2D eigenvalue weighted by molar-refractivity contribution is 9.09. The minimum Gasteiger partial charge on any atom is -0.374 e. The first-order valence-corrected chi connectivity index (χ1v) is 11.5. The summed E-state index contributed by atoms with van der Waals surface area (Å²) in [7, 11) is 2.23. The molecule has 0 fully saturated rings. The van der Waals surface area contributed by atoms with E-state index in [-0.39, 0.29) is 0 Å². The fraction of sp³-hybridized carbons (Fsp3) is 1.00. The Labute approximate surface area is 117 Å². The normalized spacial score (nSPS) is 12.0. The predicted octanol–water partition coefficient (Wildman–Crippen LogP) is 3.33. The molecule has 0 aliphatic carbocycles. The molecule has 0 aromatic carbocycles. The van der Waals surface area contributed by atoms with E-state index in [1.807, 2.05) is 20.8 Å². The van der Waals surface area contributed by atoms with E-state index in [1.165, 1.54) is 11.0 Å². The SMILES string of the molecule is CCO[Si](CCCSSSN)(OCC)OCC. The molecule has 0 spiro atoms. The van der Waals surface area contributed by atoms with E-state index in [1.54, 1.807) is 20.6 Å². The molecule has 17 heavy (non-hydrogen) atoms. The molecule has 4 nitrogen and oxygen atoms in total. The number of nitrogens with two attached hydrogens (primary N) is 1. The van der Waals surface area contributed by atoms with Gasteiger partial charge in [0.15, 0.2) is 0 Å². The molecule has 0 aliphatic rings. The predicted molar refractivity (Wildman–Crippen MR) is 81.9 cm³/mol. The van der Waals surface area contributed by atoms with Gasteiger partial charge in [0.05, 0.1) is 0 Å². The van der Waals surface area contributed by atoms with Gasteiger partial charge >= 0.3 is 8.80 Å². The maximum absolute atomic E-state index is 5.77. The van der Waals surface area contributed by atoms with Crippen LogP contribution in [0.5, 0.6) is 0 Å². The molecule has 0 aromatic rings. The molecule has 0 amide bonds. The monoisotopic (exact) mass is 317 g/mol. The quantitative estimate of drug-likeness (QED) is 0.256. The molecular formula is C9H23NO3S3Si. The van der Waals surface area contributed by atoms with Gasteiger partial charge in [0.1, 0.15) is 0 Å². The average molecular weight is 318 g/mol. The summed E-state index contributed by atoms with van der Waals surface area (Å²) in [5.41, 5.74) is 0. The first-order chi connectivity index (χ1) is 8.24. The van der Waals surface area contributed by atoms with Gasteiger partial charge in [0.2, 0.25) is 0 Å². The summed E-state index contributed by atoms with van der Waals surface area (Å²) in [5, 5.41) is 5.33. The summed E-state index contributed by atoms with van der Waals surface area (Å²) in [6.45, 7) is 7.88. The van der Waals surface area contributed by atoms with Crippen molar-refractivity contribution in [1.29, 1.82) is 0 Å². The van der Waals surface area contributed by atoms with Crippen LogP contribution >= 0.6 is 31.6 Å². The van der Waals surface area contributed by atoms with Gasteiger partial charge in [-0.05, 0) is 48.0 Å². The Hall–Kier alpha value is 1.11. The zero-order valence-electron chi connectivity index (χ0n) is 10.8. The van der Waals surface area contributed by atoms with Crippen molar-refractivity contribution >= 4 is 40.4 Å². The lowest BCUT2D eigenvalue weighted by Crippen LogP contribution is -2.46. The number of rotatable bonds is 12. The first kappa shape index (κ1) is 18.1. The van der Waals surface area contributed by atoms with Crippen LogP contribution in [0.15, 0.2) is 0 Å². The first-order valence-electron chi connectivity index (χ1n) is 5.81. The second kappa shape index (κ2) is 12.2. The topological polar surface area (TPSA) is 53.7 Å². The zero-order valence-corrected chi connectivity index (χ0v) is 14.2. The lowest BCUT2D eigenvalue weighted by molar-refractivity contribution is 0.0712. The largest absolute Gasteiger partial charge is 0.500 e. The van der Waals surface area contributed by atoms with Crippen LogP contribution < -0.4 is 5.14 Å². The van der Waals surface area contributed by atoms with Crippen LogP contribution in [0.25, 0.3) is 0 Å². The summed E-state index contributed by atoms with van der Waals surface area (Å²) in [6, 6.07) is 0.880. The van der Waals surface area contributed by atoms with Crippen molar-refractivity contribution in [3.05, 3.63) is 0 Å². The molecule has 0 saturated carbocycles. The number of hydrogen-bond donors (Lipinski definition) is 1. The third-order valence-corrected chi connectivity index (χ3v) is 8.27. The van der Waals surface area contributed by atoms with E-state index < -0.39 is 8.80 Å². The maximum Gasteiger partial charge on any atom is 0.500 e. The second-order valence-corrected chi connectivity index (χ2v) is 9.69. The standard InChI is InChI=1S/C9H23NO3S3Si/c1-4-11-17(12-5-2,13-6-3)9-7-8-14-16-15-10/h4-10H2,1-3H3. The lowest BCUT2D eigenvalue weighted by atomic mass is 10.6. The van der Waals surface area contributed by atoms with Crippen LogP contribution in [0.2, 0.25) is 6.04 Å². The van der Waals surface area contributed by atoms with Crippen LogP contribution in [0, 0.1) is 0 Å². The van der Waals surface area contributed by atoms with Crippen LogP contribution in [-0.4, -0.2) is 34.4 Å². The second-order valence-electron chi connectivity index (χ2n) is 3.07. The Morgan fingerprint density at radius 2 is 1.53 bits per heavy atom. The zero-order chi connectivity index (χ0) is 13.0. The highest BCUT2D eigenvalue weighted by Gasteiger charge is 2.39. The molecule has 8 heteroatoms. The van der Waals surface area contributed by atoms with E-state index in [9.17, 15) is 0 Å². The van der Waals surface area contributed by atoms with Crippen LogP contribution in [0.3, 0.4) is 0 Å². The molecule has 0 saturated heterocycles. The Balaban J connectivity index is 4.05. The van der Waals surface area contributed by atoms with Crippen molar-refractivity contribution in [2.24, 2.45) is 5.14 Å². The molecule has 0 radical (unpaired) electrons. The smallest absolute Gasteiger partial charge is 0.374 e. The molecule has 104 valence electrons. The molecule has 0 heterocycles. The van der Waals surface area contributed by atoms with Gasteiger partial charge < -0.3 is 13.3 Å². The molecule has 0 bridgehead atoms. The van der Waals surface area contributed by atoms with Crippen molar-refractivity contribution in [2.45, 2.75) is 33.2 Å². The molecule has 0 atom stereocenters. The van der Waals surface area contributed by atoms with E-state index in [2.05, 4.69) is 0 Å². The van der Waals surface area contributed by atoms with E-state index in [0.29, 0.717) is 19.8 Å². The Kier molecular flexibility index (Phi) is 12.9. The fourth-order valence-electron chi connectivity index (χ4n) is 1.41.